The molecule has 1 saturated heterocycles. The first-order valence-corrected chi connectivity index (χ1v) is 9.52. The van der Waals surface area contributed by atoms with Crippen LogP contribution < -0.4 is 0 Å². The minimum Gasteiger partial charge on any atom is -0.507 e. The van der Waals surface area contributed by atoms with Gasteiger partial charge in [-0.3, -0.25) is 9.69 Å². The first-order valence-electron chi connectivity index (χ1n) is 9.52. The number of esters is 1. The third-order valence-corrected chi connectivity index (χ3v) is 6.19. The molecule has 4 nitrogen and oxygen atoms in total. The summed E-state index contributed by atoms with van der Waals surface area (Å²) in [4.78, 5) is 14.7. The highest BCUT2D eigenvalue weighted by atomic mass is 16.5. The van der Waals surface area contributed by atoms with E-state index in [9.17, 15) is 9.90 Å². The highest BCUT2D eigenvalue weighted by Gasteiger charge is 2.36. The summed E-state index contributed by atoms with van der Waals surface area (Å²) < 4.78 is 5.73. The van der Waals surface area contributed by atoms with E-state index >= 15 is 0 Å². The Hall–Kier alpha value is -1.81. The summed E-state index contributed by atoms with van der Waals surface area (Å²) in [5.74, 6) is 0.510. The number of hydrogen-bond donors (Lipinski definition) is 1. The Balaban J connectivity index is 1.39. The van der Waals surface area contributed by atoms with E-state index in [1.54, 1.807) is 0 Å². The molecule has 0 aromatic heterocycles. The van der Waals surface area contributed by atoms with E-state index in [1.807, 2.05) is 18.2 Å². The molecule has 1 aliphatic carbocycles. The Morgan fingerprint density at radius 1 is 1.20 bits per heavy atom. The first kappa shape index (κ1) is 16.6. The monoisotopic (exact) mass is 341 g/mol. The van der Waals surface area contributed by atoms with Crippen LogP contribution in [0, 0.1) is 0 Å². The van der Waals surface area contributed by atoms with Crippen LogP contribution in [0.5, 0.6) is 5.75 Å². The number of phenols is 1. The van der Waals surface area contributed by atoms with Crippen molar-refractivity contribution in [2.45, 2.75) is 69.1 Å². The second-order valence-corrected chi connectivity index (χ2v) is 7.78. The molecule has 2 bridgehead atoms. The van der Waals surface area contributed by atoms with E-state index in [-0.39, 0.29) is 18.5 Å². The van der Waals surface area contributed by atoms with Crippen molar-refractivity contribution in [1.82, 2.24) is 4.90 Å². The third kappa shape index (κ3) is 3.32. The molecule has 2 atom stereocenters. The maximum atomic E-state index is 12.4. The van der Waals surface area contributed by atoms with Gasteiger partial charge in [0.05, 0.1) is 6.42 Å². The molecule has 134 valence electrons. The minimum absolute atomic E-state index is 0.0196. The SMILES string of the molecule is CN1C2C=CC1CC(OC(=O)Cc1cccc(C3CCCC3)c1O)C2. The normalized spacial score (nSPS) is 29.2. The van der Waals surface area contributed by atoms with Gasteiger partial charge in [0.15, 0.2) is 0 Å². The molecular formula is C21H27NO3. The summed E-state index contributed by atoms with van der Waals surface area (Å²) in [5.41, 5.74) is 1.70. The Morgan fingerprint density at radius 2 is 1.88 bits per heavy atom. The molecule has 2 aliphatic heterocycles. The van der Waals surface area contributed by atoms with Gasteiger partial charge in [-0.25, -0.2) is 0 Å². The largest absolute Gasteiger partial charge is 0.507 e. The Kier molecular flexibility index (Phi) is 4.55. The van der Waals surface area contributed by atoms with E-state index in [0.717, 1.165) is 31.2 Å². The van der Waals surface area contributed by atoms with Gasteiger partial charge in [-0.2, -0.15) is 0 Å². The minimum atomic E-state index is -0.229. The highest BCUT2D eigenvalue weighted by molar-refractivity contribution is 5.74. The lowest BCUT2D eigenvalue weighted by Gasteiger charge is -2.36. The smallest absolute Gasteiger partial charge is 0.310 e. The standard InChI is InChI=1S/C21H27NO3/c1-22-16-9-10-17(22)13-18(12-16)25-20(23)11-15-7-4-8-19(21(15)24)14-5-2-3-6-14/h4,7-10,14,16-18,24H,2-3,5-6,11-13H2,1H3. The number of likely N-dealkylation sites (N-methyl/N-ethyl adjacent to an activating group) is 1. The average molecular weight is 341 g/mol. The van der Waals surface area contributed by atoms with Crippen LogP contribution in [0.15, 0.2) is 30.4 Å². The van der Waals surface area contributed by atoms with Gasteiger partial charge < -0.3 is 9.84 Å². The Morgan fingerprint density at radius 3 is 2.56 bits per heavy atom. The molecule has 0 spiro atoms. The summed E-state index contributed by atoms with van der Waals surface area (Å²) in [5, 5.41) is 10.6. The van der Waals surface area contributed by atoms with Gasteiger partial charge in [0.25, 0.3) is 0 Å². The van der Waals surface area contributed by atoms with Gasteiger partial charge in [0.2, 0.25) is 0 Å². The van der Waals surface area contributed by atoms with E-state index in [0.29, 0.717) is 29.3 Å². The number of nitrogens with zero attached hydrogens (tertiary/aromatic N) is 1. The zero-order chi connectivity index (χ0) is 17.4. The van der Waals surface area contributed by atoms with Crippen molar-refractivity contribution in [1.29, 1.82) is 0 Å². The van der Waals surface area contributed by atoms with Crippen LogP contribution in [0.25, 0.3) is 0 Å². The van der Waals surface area contributed by atoms with Crippen LogP contribution in [0.1, 0.15) is 55.6 Å². The molecule has 2 unspecified atom stereocenters. The fourth-order valence-electron chi connectivity index (χ4n) is 4.70. The number of phenolic OH excluding ortho intramolecular Hbond substituents is 1. The number of aromatic hydroxyl groups is 1. The van der Waals surface area contributed by atoms with Crippen molar-refractivity contribution in [2.24, 2.45) is 0 Å². The second-order valence-electron chi connectivity index (χ2n) is 7.78. The number of fused-ring (bicyclic) bond motifs is 2. The maximum absolute atomic E-state index is 12.4. The summed E-state index contributed by atoms with van der Waals surface area (Å²) >= 11 is 0. The number of benzene rings is 1. The lowest BCUT2D eigenvalue weighted by atomic mass is 9.94. The number of hydrogen-bond acceptors (Lipinski definition) is 4. The molecule has 0 amide bonds. The van der Waals surface area contributed by atoms with Crippen LogP contribution in [0.3, 0.4) is 0 Å². The summed E-state index contributed by atoms with van der Waals surface area (Å²) in [6.07, 6.45) is 11.0. The molecule has 0 radical (unpaired) electrons. The van der Waals surface area contributed by atoms with Gasteiger partial charge in [-0.05, 0) is 31.4 Å². The second kappa shape index (κ2) is 6.83. The van der Waals surface area contributed by atoms with Crippen LogP contribution in [0.4, 0.5) is 0 Å². The molecule has 1 aromatic rings. The zero-order valence-corrected chi connectivity index (χ0v) is 14.9. The molecular weight excluding hydrogens is 314 g/mol. The molecule has 2 heterocycles. The van der Waals surface area contributed by atoms with Crippen molar-refractivity contribution in [3.05, 3.63) is 41.5 Å². The van der Waals surface area contributed by atoms with Gasteiger partial charge in [-0.1, -0.05) is 43.2 Å². The summed E-state index contributed by atoms with van der Waals surface area (Å²) in [7, 11) is 2.12. The van der Waals surface area contributed by atoms with Gasteiger partial charge in [-0.15, -0.1) is 0 Å². The van der Waals surface area contributed by atoms with E-state index < -0.39 is 0 Å². The average Bonchev–Trinajstić information content (AvgIpc) is 3.17. The molecule has 1 N–H and O–H groups in total. The highest BCUT2D eigenvalue weighted by Crippen LogP contribution is 2.39. The first-order chi connectivity index (χ1) is 12.1. The maximum Gasteiger partial charge on any atom is 0.310 e. The molecule has 25 heavy (non-hydrogen) atoms. The van der Waals surface area contributed by atoms with Crippen molar-refractivity contribution in [2.75, 3.05) is 7.05 Å². The van der Waals surface area contributed by atoms with Crippen molar-refractivity contribution < 1.29 is 14.6 Å². The van der Waals surface area contributed by atoms with Crippen LogP contribution >= 0.6 is 0 Å². The quantitative estimate of drug-likeness (QED) is 0.672. The van der Waals surface area contributed by atoms with E-state index in [1.165, 1.54) is 12.8 Å². The van der Waals surface area contributed by atoms with Gasteiger partial charge >= 0.3 is 5.97 Å². The lowest BCUT2D eigenvalue weighted by Crippen LogP contribution is -2.44. The molecule has 1 saturated carbocycles. The number of carbonyl (C=O) groups is 1. The Labute approximate surface area is 149 Å². The topological polar surface area (TPSA) is 49.8 Å². The van der Waals surface area contributed by atoms with Crippen molar-refractivity contribution in [3.63, 3.8) is 0 Å². The van der Waals surface area contributed by atoms with E-state index in [4.69, 9.17) is 4.74 Å². The van der Waals surface area contributed by atoms with Gasteiger partial charge in [0, 0.05) is 30.5 Å². The Bertz CT molecular complexity index is 662. The van der Waals surface area contributed by atoms with Crippen LogP contribution in [0.2, 0.25) is 0 Å². The summed E-state index contributed by atoms with van der Waals surface area (Å²) in [6, 6.07) is 6.57. The predicted octanol–water partition coefficient (Wildman–Crippen LogP) is 3.54. The fourth-order valence-corrected chi connectivity index (χ4v) is 4.70. The molecule has 1 aromatic carbocycles. The van der Waals surface area contributed by atoms with Gasteiger partial charge in [0.1, 0.15) is 11.9 Å². The number of para-hydroxylation sites is 1. The van der Waals surface area contributed by atoms with E-state index in [2.05, 4.69) is 24.1 Å². The number of carbonyl (C=O) groups excluding carboxylic acids is 1. The molecule has 4 rings (SSSR count). The zero-order valence-electron chi connectivity index (χ0n) is 14.9. The lowest BCUT2D eigenvalue weighted by molar-refractivity contribution is -0.151. The predicted molar refractivity (Wildman–Crippen MR) is 96.6 cm³/mol. The number of ether oxygens (including phenoxy) is 1. The number of rotatable bonds is 4. The van der Waals surface area contributed by atoms with Crippen LogP contribution in [-0.4, -0.2) is 41.2 Å². The third-order valence-electron chi connectivity index (χ3n) is 6.19. The molecule has 3 aliphatic rings. The van der Waals surface area contributed by atoms with Crippen molar-refractivity contribution >= 4 is 5.97 Å². The number of piperidine rings is 1. The fraction of sp³-hybridized carbons (Fsp3) is 0.571. The van der Waals surface area contributed by atoms with Crippen molar-refractivity contribution in [3.8, 4) is 5.75 Å². The van der Waals surface area contributed by atoms with Crippen LogP contribution in [-0.2, 0) is 16.0 Å². The molecule has 2 fully saturated rings. The molecule has 4 heteroatoms. The summed E-state index contributed by atoms with van der Waals surface area (Å²) in [6.45, 7) is 0.